The molecule has 1 fully saturated rings. The zero-order valence-electron chi connectivity index (χ0n) is 7.40. The number of hydrogen-bond acceptors (Lipinski definition) is 5. The van der Waals surface area contributed by atoms with Gasteiger partial charge in [0.15, 0.2) is 11.2 Å². The molecule has 2 aromatic rings. The number of thiazole rings is 1. The highest BCUT2D eigenvalue weighted by Gasteiger charge is 2.46. The van der Waals surface area contributed by atoms with E-state index in [4.69, 9.17) is 0 Å². The van der Waals surface area contributed by atoms with Crippen molar-refractivity contribution in [2.24, 2.45) is 0 Å². The molecule has 1 aliphatic rings. The van der Waals surface area contributed by atoms with Crippen LogP contribution in [0.15, 0.2) is 6.20 Å². The average molecular weight is 206 g/mol. The Morgan fingerprint density at radius 1 is 1.57 bits per heavy atom. The summed E-state index contributed by atoms with van der Waals surface area (Å²) in [6.45, 7) is 0.131. The van der Waals surface area contributed by atoms with E-state index in [1.54, 1.807) is 6.20 Å². The van der Waals surface area contributed by atoms with Crippen molar-refractivity contribution >= 4 is 21.7 Å². The van der Waals surface area contributed by atoms with Crippen molar-refractivity contribution in [1.82, 2.24) is 15.0 Å². The Hall–Kier alpha value is -1.07. The first-order valence-corrected chi connectivity index (χ1v) is 5.27. The molecule has 0 spiro atoms. The van der Waals surface area contributed by atoms with E-state index in [0.717, 1.165) is 23.4 Å². The van der Waals surface area contributed by atoms with E-state index < -0.39 is 0 Å². The third-order valence-electron chi connectivity index (χ3n) is 2.67. The first-order valence-electron chi connectivity index (χ1n) is 4.45. The maximum Gasteiger partial charge on any atom is 0.174 e. The number of aromatic nitrogens is 3. The van der Waals surface area contributed by atoms with Crippen molar-refractivity contribution in [3.8, 4) is 0 Å². The van der Waals surface area contributed by atoms with E-state index in [1.165, 1.54) is 11.3 Å². The molecule has 0 atom stereocenters. The Balaban J connectivity index is 2.13. The van der Waals surface area contributed by atoms with Crippen LogP contribution in [0.4, 0.5) is 0 Å². The Morgan fingerprint density at radius 2 is 2.43 bits per heavy atom. The summed E-state index contributed by atoms with van der Waals surface area (Å²) in [4.78, 5) is 12.6. The van der Waals surface area contributed by atoms with Crippen LogP contribution in [0.3, 0.4) is 0 Å². The van der Waals surface area contributed by atoms with Gasteiger partial charge in [-0.25, -0.2) is 15.0 Å². The minimum Gasteiger partial charge on any atom is -0.395 e. The van der Waals surface area contributed by atoms with Gasteiger partial charge in [-0.3, -0.25) is 0 Å². The van der Waals surface area contributed by atoms with E-state index in [1.807, 2.05) is 0 Å². The van der Waals surface area contributed by atoms with E-state index in [0.29, 0.717) is 5.65 Å². The van der Waals surface area contributed by atoms with Crippen molar-refractivity contribution < 1.29 is 5.11 Å². The lowest BCUT2D eigenvalue weighted by Crippen LogP contribution is -2.15. The van der Waals surface area contributed by atoms with E-state index >= 15 is 0 Å². The van der Waals surface area contributed by atoms with Gasteiger partial charge in [-0.15, -0.1) is 11.3 Å². The fourth-order valence-electron chi connectivity index (χ4n) is 1.49. The summed E-state index contributed by atoms with van der Waals surface area (Å²) in [7, 11) is 0. The molecule has 4 nitrogen and oxygen atoms in total. The van der Waals surface area contributed by atoms with Crippen LogP contribution in [-0.4, -0.2) is 26.7 Å². The molecule has 2 aromatic heterocycles. The largest absolute Gasteiger partial charge is 0.395 e. The lowest BCUT2D eigenvalue weighted by Gasteiger charge is -2.08. The normalized spacial score (nSPS) is 18.6. The molecule has 2 heterocycles. The van der Waals surface area contributed by atoms with Gasteiger partial charge < -0.3 is 5.11 Å². The third-order valence-corrected chi connectivity index (χ3v) is 3.36. The van der Waals surface area contributed by atoms with Gasteiger partial charge in [-0.2, -0.15) is 0 Å². The monoisotopic (exact) mass is 206 g/mol. The van der Waals surface area contributed by atoms with Crippen molar-refractivity contribution in [2.45, 2.75) is 18.3 Å². The summed E-state index contributed by atoms with van der Waals surface area (Å²) in [5.41, 5.74) is 3.31. The highest BCUT2D eigenvalue weighted by atomic mass is 32.1. The first kappa shape index (κ1) is 8.26. The van der Waals surface area contributed by atoms with Gasteiger partial charge in [0.2, 0.25) is 0 Å². The second-order valence-corrected chi connectivity index (χ2v) is 4.45. The molecule has 1 radical (unpaired) electrons. The van der Waals surface area contributed by atoms with Crippen molar-refractivity contribution in [1.29, 1.82) is 0 Å². The van der Waals surface area contributed by atoms with Crippen molar-refractivity contribution in [3.63, 3.8) is 0 Å². The smallest absolute Gasteiger partial charge is 0.174 e. The van der Waals surface area contributed by atoms with Crippen LogP contribution in [-0.2, 0) is 5.41 Å². The van der Waals surface area contributed by atoms with Crippen LogP contribution in [0.5, 0.6) is 0 Å². The second-order valence-electron chi connectivity index (χ2n) is 3.63. The lowest BCUT2D eigenvalue weighted by atomic mass is 10.1. The molecule has 3 rings (SSSR count). The highest BCUT2D eigenvalue weighted by Crippen LogP contribution is 2.46. The van der Waals surface area contributed by atoms with Crippen molar-refractivity contribution in [2.75, 3.05) is 6.61 Å². The number of fused-ring (bicyclic) bond motifs is 1. The number of hydrogen-bond donors (Lipinski definition) is 1. The van der Waals surface area contributed by atoms with Gasteiger partial charge in [0, 0.05) is 0 Å². The highest BCUT2D eigenvalue weighted by molar-refractivity contribution is 7.16. The van der Waals surface area contributed by atoms with Gasteiger partial charge in [0.05, 0.1) is 22.9 Å². The number of rotatable bonds is 2. The van der Waals surface area contributed by atoms with Gasteiger partial charge >= 0.3 is 0 Å². The van der Waals surface area contributed by atoms with Gasteiger partial charge in [-0.1, -0.05) is 0 Å². The van der Waals surface area contributed by atoms with Gasteiger partial charge in [0.25, 0.3) is 0 Å². The fraction of sp³-hybridized carbons (Fsp3) is 0.444. The van der Waals surface area contributed by atoms with Crippen molar-refractivity contribution in [3.05, 3.63) is 17.5 Å². The molecule has 0 aliphatic heterocycles. The summed E-state index contributed by atoms with van der Waals surface area (Å²) in [6, 6.07) is 0. The Kier molecular flexibility index (Phi) is 1.60. The molecule has 14 heavy (non-hydrogen) atoms. The minimum atomic E-state index is -0.169. The van der Waals surface area contributed by atoms with Gasteiger partial charge in [-0.05, 0) is 12.8 Å². The summed E-state index contributed by atoms with van der Waals surface area (Å²) >= 11 is 1.41. The SMILES string of the molecule is OCC1(c2ncc3s[c]nc3n2)CC1. The lowest BCUT2D eigenvalue weighted by molar-refractivity contribution is 0.250. The van der Waals surface area contributed by atoms with Crippen LogP contribution < -0.4 is 0 Å². The van der Waals surface area contributed by atoms with E-state index in [2.05, 4.69) is 20.5 Å². The van der Waals surface area contributed by atoms with Gasteiger partial charge in [0.1, 0.15) is 5.82 Å². The Bertz CT molecular complexity index is 478. The summed E-state index contributed by atoms with van der Waals surface area (Å²) in [5.74, 6) is 0.729. The number of nitrogens with zero attached hydrogens (tertiary/aromatic N) is 3. The second kappa shape index (κ2) is 2.71. The Labute approximate surface area is 84.7 Å². The zero-order valence-corrected chi connectivity index (χ0v) is 8.21. The molecule has 0 unspecified atom stereocenters. The summed E-state index contributed by atoms with van der Waals surface area (Å²) in [6.07, 6.45) is 3.72. The molecule has 71 valence electrons. The molecular weight excluding hydrogens is 198 g/mol. The predicted molar refractivity (Wildman–Crippen MR) is 52.0 cm³/mol. The molecular formula is C9H8N3OS. The van der Waals surface area contributed by atoms with Crippen LogP contribution in [0.25, 0.3) is 10.3 Å². The molecule has 1 N–H and O–H groups in total. The maximum atomic E-state index is 9.23. The Morgan fingerprint density at radius 3 is 3.14 bits per heavy atom. The summed E-state index contributed by atoms with van der Waals surface area (Å²) < 4.78 is 0.947. The molecule has 0 bridgehead atoms. The van der Waals surface area contributed by atoms with Crippen LogP contribution in [0.1, 0.15) is 18.7 Å². The fourth-order valence-corrected chi connectivity index (χ4v) is 2.01. The average Bonchev–Trinajstić information content (AvgIpc) is 2.89. The molecule has 1 saturated carbocycles. The third kappa shape index (κ3) is 1.06. The van der Waals surface area contributed by atoms with Crippen LogP contribution >= 0.6 is 11.3 Å². The first-order chi connectivity index (χ1) is 6.84. The molecule has 0 aromatic carbocycles. The van der Waals surface area contributed by atoms with Crippen LogP contribution in [0, 0.1) is 5.51 Å². The standard InChI is InChI=1S/C9H8N3OS/c13-4-9(1-2-9)8-10-3-6-7(12-8)11-5-14-6/h3,13H,1-2,4H2. The molecule has 1 aliphatic carbocycles. The molecule has 5 heteroatoms. The number of aliphatic hydroxyl groups excluding tert-OH is 1. The molecule has 0 saturated heterocycles. The predicted octanol–water partition coefficient (Wildman–Crippen LogP) is 0.910. The van der Waals surface area contributed by atoms with Crippen LogP contribution in [0.2, 0.25) is 0 Å². The van der Waals surface area contributed by atoms with E-state index in [9.17, 15) is 5.11 Å². The molecule has 0 amide bonds. The number of aliphatic hydroxyl groups is 1. The topological polar surface area (TPSA) is 58.9 Å². The van der Waals surface area contributed by atoms with E-state index in [-0.39, 0.29) is 12.0 Å². The summed E-state index contributed by atoms with van der Waals surface area (Å²) in [5, 5.41) is 9.23. The minimum absolute atomic E-state index is 0.131. The quantitative estimate of drug-likeness (QED) is 0.793. The maximum absolute atomic E-state index is 9.23. The zero-order chi connectivity index (χ0) is 9.60.